The van der Waals surface area contributed by atoms with Crippen molar-refractivity contribution in [3.05, 3.63) is 42.6 Å². The van der Waals surface area contributed by atoms with E-state index >= 15 is 0 Å². The monoisotopic (exact) mass is 496 g/mol. The van der Waals surface area contributed by atoms with E-state index in [1.807, 2.05) is 12.1 Å². The van der Waals surface area contributed by atoms with Crippen molar-refractivity contribution in [2.24, 2.45) is 0 Å². The molecule has 1 aliphatic heterocycles. The lowest BCUT2D eigenvalue weighted by molar-refractivity contribution is 0.0211. The van der Waals surface area contributed by atoms with Crippen LogP contribution in [0.4, 0.5) is 22.2 Å². The average molecular weight is 497 g/mol. The van der Waals surface area contributed by atoms with E-state index in [0.29, 0.717) is 54.9 Å². The highest BCUT2D eigenvalue weighted by molar-refractivity contribution is 6.05. The molecule has 1 N–H and O–H groups in total. The fourth-order valence-electron chi connectivity index (χ4n) is 4.88. The van der Waals surface area contributed by atoms with E-state index in [9.17, 15) is 4.79 Å². The number of anilines is 3. The predicted molar refractivity (Wildman–Crippen MR) is 140 cm³/mol. The van der Waals surface area contributed by atoms with Gasteiger partial charge in [-0.3, -0.25) is 14.7 Å². The van der Waals surface area contributed by atoms with E-state index < -0.39 is 0 Å². The van der Waals surface area contributed by atoms with Gasteiger partial charge in [0.25, 0.3) is 0 Å². The maximum atomic E-state index is 13.3. The number of benzene rings is 1. The molecule has 1 aliphatic carbocycles. The second-order valence-electron chi connectivity index (χ2n) is 9.19. The van der Waals surface area contributed by atoms with E-state index in [-0.39, 0.29) is 12.1 Å². The van der Waals surface area contributed by atoms with E-state index in [1.165, 1.54) is 6.42 Å². The lowest BCUT2D eigenvalue weighted by atomic mass is 9.89. The van der Waals surface area contributed by atoms with Gasteiger partial charge in [0, 0.05) is 49.1 Å². The van der Waals surface area contributed by atoms with Crippen LogP contribution < -0.4 is 24.6 Å². The van der Waals surface area contributed by atoms with Crippen molar-refractivity contribution in [1.82, 2.24) is 14.9 Å². The van der Waals surface area contributed by atoms with Gasteiger partial charge < -0.3 is 19.5 Å². The molecule has 2 atom stereocenters. The van der Waals surface area contributed by atoms with Gasteiger partial charge in [0.2, 0.25) is 5.95 Å². The van der Waals surface area contributed by atoms with Gasteiger partial charge in [-0.1, -0.05) is 18.9 Å². The quantitative estimate of drug-likeness (QED) is 0.301. The fraction of sp³-hybridized carbons (Fsp3) is 0.500. The smallest absolute Gasteiger partial charge is 0.330 e. The molecule has 1 aromatic heterocycles. The van der Waals surface area contributed by atoms with Crippen LogP contribution in [0.2, 0.25) is 0 Å². The summed E-state index contributed by atoms with van der Waals surface area (Å²) in [5.41, 5.74) is 1.54. The fourth-order valence-corrected chi connectivity index (χ4v) is 4.88. The van der Waals surface area contributed by atoms with Gasteiger partial charge in [-0.2, -0.15) is 4.98 Å². The number of hydrogen-bond donors (Lipinski definition) is 1. The van der Waals surface area contributed by atoms with Crippen molar-refractivity contribution in [2.75, 3.05) is 56.8 Å². The molecule has 4 rings (SSSR count). The van der Waals surface area contributed by atoms with Gasteiger partial charge in [-0.05, 0) is 19.9 Å². The molecule has 1 saturated carbocycles. The third-order valence-electron chi connectivity index (χ3n) is 6.79. The first-order valence-electron chi connectivity index (χ1n) is 12.2. The van der Waals surface area contributed by atoms with Crippen LogP contribution >= 0.6 is 0 Å². The Labute approximate surface area is 212 Å². The van der Waals surface area contributed by atoms with Crippen molar-refractivity contribution >= 4 is 23.5 Å². The summed E-state index contributed by atoms with van der Waals surface area (Å²) in [4.78, 5) is 28.1. The SMILES string of the molecule is C=CCOCN(C)C1CCCCC1Nc1ncc2c(n1)N(C)C(=O)N(c1cc(OC)cc(OC)c1)C2. The Bertz CT molecular complexity index is 1060. The minimum Gasteiger partial charge on any atom is -0.497 e. The Kier molecular flexibility index (Phi) is 8.27. The van der Waals surface area contributed by atoms with E-state index in [2.05, 4.69) is 28.8 Å². The Balaban J connectivity index is 1.52. The number of fused-ring (bicyclic) bond motifs is 1. The molecule has 0 saturated heterocycles. The second kappa shape index (κ2) is 11.6. The molecule has 2 heterocycles. The number of carbonyl (C=O) groups is 1. The highest BCUT2D eigenvalue weighted by Crippen LogP contribution is 2.34. The second-order valence-corrected chi connectivity index (χ2v) is 9.19. The van der Waals surface area contributed by atoms with Gasteiger partial charge in [0.05, 0.1) is 39.8 Å². The Hall–Kier alpha value is -3.37. The minimum absolute atomic E-state index is 0.183. The zero-order valence-corrected chi connectivity index (χ0v) is 21.6. The molecule has 36 heavy (non-hydrogen) atoms. The predicted octanol–water partition coefficient (Wildman–Crippen LogP) is 3.89. The molecule has 1 fully saturated rings. The highest BCUT2D eigenvalue weighted by atomic mass is 16.5. The lowest BCUT2D eigenvalue weighted by Crippen LogP contribution is -2.48. The zero-order chi connectivity index (χ0) is 25.7. The molecule has 1 aromatic carbocycles. The largest absolute Gasteiger partial charge is 0.497 e. The third kappa shape index (κ3) is 5.55. The molecule has 194 valence electrons. The zero-order valence-electron chi connectivity index (χ0n) is 21.6. The van der Waals surface area contributed by atoms with E-state index in [0.717, 1.165) is 24.8 Å². The average Bonchev–Trinajstić information content (AvgIpc) is 2.91. The maximum absolute atomic E-state index is 13.3. The van der Waals surface area contributed by atoms with Crippen molar-refractivity contribution in [1.29, 1.82) is 0 Å². The van der Waals surface area contributed by atoms with Crippen molar-refractivity contribution in [3.8, 4) is 11.5 Å². The van der Waals surface area contributed by atoms with Crippen molar-refractivity contribution < 1.29 is 19.0 Å². The van der Waals surface area contributed by atoms with Crippen molar-refractivity contribution in [2.45, 2.75) is 44.3 Å². The molecule has 10 nitrogen and oxygen atoms in total. The molecule has 2 unspecified atom stereocenters. The number of carbonyl (C=O) groups excluding carboxylic acids is 1. The summed E-state index contributed by atoms with van der Waals surface area (Å²) in [5, 5.41) is 3.54. The Morgan fingerprint density at radius 2 is 1.92 bits per heavy atom. The van der Waals surface area contributed by atoms with Gasteiger partial charge in [-0.15, -0.1) is 6.58 Å². The number of amides is 2. The number of nitrogens with one attached hydrogen (secondary N) is 1. The molecular formula is C26H36N6O4. The molecule has 0 spiro atoms. The Morgan fingerprint density at radius 3 is 2.61 bits per heavy atom. The summed E-state index contributed by atoms with van der Waals surface area (Å²) in [6, 6.07) is 5.72. The minimum atomic E-state index is -0.183. The first kappa shape index (κ1) is 25.7. The number of nitrogens with zero attached hydrogens (tertiary/aromatic N) is 5. The van der Waals surface area contributed by atoms with Crippen LogP contribution in [0.3, 0.4) is 0 Å². The molecule has 0 radical (unpaired) electrons. The van der Waals surface area contributed by atoms with Crippen LogP contribution in [0, 0.1) is 0 Å². The van der Waals surface area contributed by atoms with Gasteiger partial charge in [0.15, 0.2) is 0 Å². The number of rotatable bonds is 10. The summed E-state index contributed by atoms with van der Waals surface area (Å²) in [5.74, 6) is 2.37. The highest BCUT2D eigenvalue weighted by Gasteiger charge is 2.33. The topological polar surface area (TPSA) is 92.3 Å². The molecule has 2 aliphatic rings. The van der Waals surface area contributed by atoms with E-state index in [1.54, 1.807) is 49.4 Å². The standard InChI is InChI=1S/C26H36N6O4/c1-6-11-36-17-30(2)23-10-8-7-9-22(23)28-25-27-15-18-16-32(26(33)31(3)24(18)29-25)19-12-20(34-4)14-21(13-19)35-5/h6,12-15,22-23H,1,7-11,16-17H2,2-5H3,(H,27,28,29). The van der Waals surface area contributed by atoms with Crippen molar-refractivity contribution in [3.63, 3.8) is 0 Å². The number of methoxy groups -OCH3 is 2. The van der Waals surface area contributed by atoms with Crippen LogP contribution in [0.1, 0.15) is 31.2 Å². The maximum Gasteiger partial charge on any atom is 0.330 e. The first-order chi connectivity index (χ1) is 17.4. The number of likely N-dealkylation sites (N-methyl/N-ethyl adjacent to an activating group) is 1. The van der Waals surface area contributed by atoms with Crippen LogP contribution in [0.15, 0.2) is 37.1 Å². The summed E-state index contributed by atoms with van der Waals surface area (Å²) in [6.07, 6.45) is 7.99. The number of ether oxygens (including phenoxy) is 3. The first-order valence-corrected chi connectivity index (χ1v) is 12.2. The van der Waals surface area contributed by atoms with E-state index in [4.69, 9.17) is 19.2 Å². The third-order valence-corrected chi connectivity index (χ3v) is 6.79. The normalized spacial score (nSPS) is 19.8. The number of hydrogen-bond acceptors (Lipinski definition) is 8. The summed E-state index contributed by atoms with van der Waals surface area (Å²) >= 11 is 0. The molecule has 2 amide bonds. The lowest BCUT2D eigenvalue weighted by Gasteiger charge is -2.38. The van der Waals surface area contributed by atoms with Gasteiger partial charge >= 0.3 is 6.03 Å². The van der Waals surface area contributed by atoms with Crippen LogP contribution in [-0.2, 0) is 11.3 Å². The van der Waals surface area contributed by atoms with Crippen LogP contribution in [0.25, 0.3) is 0 Å². The summed E-state index contributed by atoms with van der Waals surface area (Å²) < 4.78 is 16.4. The molecular weight excluding hydrogens is 460 g/mol. The Morgan fingerprint density at radius 1 is 1.19 bits per heavy atom. The molecule has 10 heteroatoms. The summed E-state index contributed by atoms with van der Waals surface area (Å²) in [7, 11) is 6.98. The van der Waals surface area contributed by atoms with Gasteiger partial charge in [0.1, 0.15) is 17.3 Å². The van der Waals surface area contributed by atoms with Crippen LogP contribution in [-0.4, -0.2) is 74.6 Å². The molecule has 2 aromatic rings. The van der Waals surface area contributed by atoms with Gasteiger partial charge in [-0.25, -0.2) is 9.78 Å². The number of aromatic nitrogens is 2. The summed E-state index contributed by atoms with van der Waals surface area (Å²) in [6.45, 7) is 5.14. The number of urea groups is 1. The van der Waals surface area contributed by atoms with Crippen LogP contribution in [0.5, 0.6) is 11.5 Å². The molecule has 0 bridgehead atoms.